The first-order valence-corrected chi connectivity index (χ1v) is 10.3. The maximum absolute atomic E-state index is 13.3. The Morgan fingerprint density at radius 3 is 2.46 bits per heavy atom. The first kappa shape index (κ1) is 20.4. The number of nitrogens with one attached hydrogen (secondary N) is 1. The van der Waals surface area contributed by atoms with Gasteiger partial charge in [0.05, 0.1) is 17.5 Å². The molecule has 1 aliphatic rings. The first-order chi connectivity index (χ1) is 13.7. The molecular formula is C23H31N3O2. The molecule has 0 saturated carbocycles. The predicted octanol–water partition coefficient (Wildman–Crippen LogP) is 4.51. The fourth-order valence-electron chi connectivity index (χ4n) is 3.81. The van der Waals surface area contributed by atoms with E-state index in [4.69, 9.17) is 4.74 Å². The molecule has 5 heteroatoms. The van der Waals surface area contributed by atoms with Gasteiger partial charge in [-0.3, -0.25) is 4.90 Å². The van der Waals surface area contributed by atoms with E-state index in [9.17, 15) is 4.79 Å². The van der Waals surface area contributed by atoms with Crippen molar-refractivity contribution in [3.05, 3.63) is 59.7 Å². The number of likely N-dealkylation sites (N-methyl/N-ethyl adjacent to an activating group) is 1. The fourth-order valence-corrected chi connectivity index (χ4v) is 3.81. The summed E-state index contributed by atoms with van der Waals surface area (Å²) in [6, 6.07) is 16.1. The van der Waals surface area contributed by atoms with Crippen LogP contribution in [0.1, 0.15) is 38.0 Å². The van der Waals surface area contributed by atoms with Crippen LogP contribution in [0.3, 0.4) is 0 Å². The molecular weight excluding hydrogens is 350 g/mol. The quantitative estimate of drug-likeness (QED) is 0.767. The number of hydrogen-bond acceptors (Lipinski definition) is 3. The van der Waals surface area contributed by atoms with E-state index in [0.717, 1.165) is 48.6 Å². The number of para-hydroxylation sites is 2. The van der Waals surface area contributed by atoms with Gasteiger partial charge in [-0.1, -0.05) is 50.2 Å². The van der Waals surface area contributed by atoms with Gasteiger partial charge in [0.2, 0.25) is 0 Å². The number of urea groups is 1. The summed E-state index contributed by atoms with van der Waals surface area (Å²) in [6.45, 7) is 10.4. The van der Waals surface area contributed by atoms with Crippen molar-refractivity contribution in [2.24, 2.45) is 0 Å². The molecule has 1 aliphatic heterocycles. The van der Waals surface area contributed by atoms with E-state index in [-0.39, 0.29) is 12.1 Å². The molecule has 5 nitrogen and oxygen atoms in total. The molecule has 1 atom stereocenters. The number of carbonyl (C=O) groups is 1. The van der Waals surface area contributed by atoms with Crippen LogP contribution in [-0.2, 0) is 11.2 Å². The number of rotatable bonds is 7. The van der Waals surface area contributed by atoms with Gasteiger partial charge in [0.1, 0.15) is 0 Å². The average Bonchev–Trinajstić information content (AvgIpc) is 2.86. The lowest BCUT2D eigenvalue weighted by atomic mass is 10.0. The number of carbonyl (C=O) groups excluding carboxylic acids is 1. The van der Waals surface area contributed by atoms with Crippen LogP contribution in [0.5, 0.6) is 0 Å². The lowest BCUT2D eigenvalue weighted by molar-refractivity contribution is 0.0638. The Hall–Kier alpha value is -2.37. The third kappa shape index (κ3) is 4.37. The first-order valence-electron chi connectivity index (χ1n) is 10.3. The smallest absolute Gasteiger partial charge is 0.326 e. The second kappa shape index (κ2) is 9.71. The summed E-state index contributed by atoms with van der Waals surface area (Å²) < 4.78 is 6.05. The zero-order valence-corrected chi connectivity index (χ0v) is 17.1. The molecule has 1 N–H and O–H groups in total. The van der Waals surface area contributed by atoms with Crippen molar-refractivity contribution in [3.8, 4) is 0 Å². The Kier molecular flexibility index (Phi) is 7.06. The van der Waals surface area contributed by atoms with E-state index >= 15 is 0 Å². The van der Waals surface area contributed by atoms with Gasteiger partial charge in [-0.05, 0) is 37.7 Å². The van der Waals surface area contributed by atoms with E-state index in [2.05, 4.69) is 36.2 Å². The van der Waals surface area contributed by atoms with E-state index in [1.165, 1.54) is 0 Å². The molecule has 0 unspecified atom stereocenters. The molecule has 3 rings (SSSR count). The Morgan fingerprint density at radius 1 is 1.07 bits per heavy atom. The third-order valence-electron chi connectivity index (χ3n) is 5.33. The Labute approximate surface area is 168 Å². The topological polar surface area (TPSA) is 44.8 Å². The summed E-state index contributed by atoms with van der Waals surface area (Å²) >= 11 is 0. The molecule has 0 fully saturated rings. The number of fused-ring (bicyclic) bond motifs is 2. The highest BCUT2D eigenvalue weighted by Gasteiger charge is 2.30. The summed E-state index contributed by atoms with van der Waals surface area (Å²) in [7, 11) is 0. The van der Waals surface area contributed by atoms with Crippen molar-refractivity contribution < 1.29 is 9.53 Å². The summed E-state index contributed by atoms with van der Waals surface area (Å²) in [5.74, 6) is 0. The van der Waals surface area contributed by atoms with Crippen molar-refractivity contribution in [1.29, 1.82) is 0 Å². The third-order valence-corrected chi connectivity index (χ3v) is 5.33. The van der Waals surface area contributed by atoms with Gasteiger partial charge >= 0.3 is 6.03 Å². The van der Waals surface area contributed by atoms with Crippen molar-refractivity contribution in [2.45, 2.75) is 33.3 Å². The van der Waals surface area contributed by atoms with Gasteiger partial charge in [0, 0.05) is 31.7 Å². The van der Waals surface area contributed by atoms with Crippen molar-refractivity contribution in [2.75, 3.05) is 37.7 Å². The zero-order chi connectivity index (χ0) is 19.9. The summed E-state index contributed by atoms with van der Waals surface area (Å²) in [5, 5.41) is 3.11. The predicted molar refractivity (Wildman–Crippen MR) is 114 cm³/mol. The van der Waals surface area contributed by atoms with Gasteiger partial charge in [0.25, 0.3) is 0 Å². The highest BCUT2D eigenvalue weighted by Crippen LogP contribution is 2.41. The number of nitrogens with zero attached hydrogens (tertiary/aromatic N) is 2. The molecule has 150 valence electrons. The molecule has 28 heavy (non-hydrogen) atoms. The minimum atomic E-state index is -0.0933. The fraction of sp³-hybridized carbons (Fsp3) is 0.435. The Morgan fingerprint density at radius 2 is 1.75 bits per heavy atom. The van der Waals surface area contributed by atoms with Gasteiger partial charge in [0.15, 0.2) is 0 Å². The Balaban J connectivity index is 1.93. The molecule has 0 bridgehead atoms. The minimum Gasteiger partial charge on any atom is -0.373 e. The van der Waals surface area contributed by atoms with Crippen LogP contribution in [0.25, 0.3) is 0 Å². The zero-order valence-electron chi connectivity index (χ0n) is 17.1. The molecule has 0 radical (unpaired) electrons. The molecule has 1 heterocycles. The number of benzene rings is 2. The van der Waals surface area contributed by atoms with Crippen molar-refractivity contribution in [1.82, 2.24) is 10.2 Å². The lowest BCUT2D eigenvalue weighted by Crippen LogP contribution is -2.41. The van der Waals surface area contributed by atoms with Crippen molar-refractivity contribution in [3.63, 3.8) is 0 Å². The largest absolute Gasteiger partial charge is 0.373 e. The number of ether oxygens (including phenoxy) is 1. The second-order valence-electron chi connectivity index (χ2n) is 6.93. The highest BCUT2D eigenvalue weighted by atomic mass is 16.5. The van der Waals surface area contributed by atoms with Crippen LogP contribution in [0.15, 0.2) is 48.5 Å². The highest BCUT2D eigenvalue weighted by molar-refractivity contribution is 6.01. The molecule has 0 aromatic heterocycles. The molecule has 2 amide bonds. The van der Waals surface area contributed by atoms with Crippen LogP contribution < -0.4 is 10.2 Å². The van der Waals surface area contributed by atoms with Gasteiger partial charge in [-0.15, -0.1) is 0 Å². The average molecular weight is 382 g/mol. The molecule has 0 aliphatic carbocycles. The lowest BCUT2D eigenvalue weighted by Gasteiger charge is -2.26. The van der Waals surface area contributed by atoms with Gasteiger partial charge in [-0.25, -0.2) is 4.79 Å². The maximum atomic E-state index is 13.3. The normalized spacial score (nSPS) is 15.7. The van der Waals surface area contributed by atoms with E-state index in [1.807, 2.05) is 48.2 Å². The van der Waals surface area contributed by atoms with Crippen LogP contribution in [0.2, 0.25) is 0 Å². The number of amides is 2. The van der Waals surface area contributed by atoms with Crippen molar-refractivity contribution >= 4 is 17.4 Å². The molecule has 0 saturated heterocycles. The maximum Gasteiger partial charge on any atom is 0.326 e. The summed E-state index contributed by atoms with van der Waals surface area (Å²) in [6.07, 6.45) is 0.695. The second-order valence-corrected chi connectivity index (χ2v) is 6.93. The number of anilines is 2. The van der Waals surface area contributed by atoms with E-state index < -0.39 is 0 Å². The molecule has 0 spiro atoms. The van der Waals surface area contributed by atoms with E-state index in [1.54, 1.807) is 0 Å². The monoisotopic (exact) mass is 381 g/mol. The standard InChI is InChI=1S/C23H31N3O2/c1-4-25(5-2)16-15-24-23(27)26-20-13-9-7-11-18(20)17-22(28-6-3)19-12-8-10-14-21(19)26/h7-14,22H,4-6,15-17H2,1-3H3,(H,24,27)/t22-/m1/s1. The van der Waals surface area contributed by atoms with Gasteiger partial charge < -0.3 is 15.0 Å². The Bertz CT molecular complexity index is 789. The molecule has 2 aromatic carbocycles. The van der Waals surface area contributed by atoms with Crippen LogP contribution >= 0.6 is 0 Å². The SMILES string of the molecule is CCO[C@@H]1Cc2ccccc2N(C(=O)NCCN(CC)CC)c2ccccc21. The summed E-state index contributed by atoms with van der Waals surface area (Å²) in [5.41, 5.74) is 4.00. The number of hydrogen-bond donors (Lipinski definition) is 1. The molecule has 2 aromatic rings. The summed E-state index contributed by atoms with van der Waals surface area (Å²) in [4.78, 5) is 17.4. The van der Waals surface area contributed by atoms with E-state index in [0.29, 0.717) is 13.2 Å². The van der Waals surface area contributed by atoms with Crippen LogP contribution in [0.4, 0.5) is 16.2 Å². The van der Waals surface area contributed by atoms with Crippen LogP contribution in [0, 0.1) is 0 Å². The minimum absolute atomic E-state index is 0.0594. The van der Waals surface area contributed by atoms with Gasteiger partial charge in [-0.2, -0.15) is 0 Å². The van der Waals surface area contributed by atoms with Crippen LogP contribution in [-0.4, -0.2) is 43.7 Å².